The first kappa shape index (κ1) is 23.8. The van der Waals surface area contributed by atoms with Crippen molar-refractivity contribution in [3.63, 3.8) is 0 Å². The molecule has 0 radical (unpaired) electrons. The molecule has 5 rings (SSSR count). The highest BCUT2D eigenvalue weighted by molar-refractivity contribution is 5.83. The number of pyridine rings is 1. The number of benzene rings is 1. The van der Waals surface area contributed by atoms with E-state index < -0.39 is 30.3 Å². The number of hydrogen-bond donors (Lipinski definition) is 5. The summed E-state index contributed by atoms with van der Waals surface area (Å²) in [6.07, 6.45) is 1.23. The lowest BCUT2D eigenvalue weighted by Gasteiger charge is -2.50. The van der Waals surface area contributed by atoms with E-state index in [9.17, 15) is 14.7 Å². The molecule has 1 aromatic carbocycles. The van der Waals surface area contributed by atoms with Crippen molar-refractivity contribution in [2.75, 3.05) is 13.1 Å². The number of fused-ring (bicyclic) bond motifs is 4. The highest BCUT2D eigenvalue weighted by Gasteiger charge is 2.42. The molecule has 9 heteroatoms. The Kier molecular flexibility index (Phi) is 7.57. The molecule has 3 aliphatic rings. The van der Waals surface area contributed by atoms with Crippen LogP contribution in [0.4, 0.5) is 0 Å². The van der Waals surface area contributed by atoms with Crippen LogP contribution in [0.25, 0.3) is 10.9 Å². The second-order valence-corrected chi connectivity index (χ2v) is 8.17. The Hall–Kier alpha value is -2.85. The average molecular weight is 444 g/mol. The molecule has 172 valence electrons. The molecule has 2 aromatic rings. The van der Waals surface area contributed by atoms with Gasteiger partial charge >= 0.3 is 11.9 Å². The summed E-state index contributed by atoms with van der Waals surface area (Å²) in [5, 5.41) is 44.6. The molecule has 0 spiro atoms. The maximum absolute atomic E-state index is 11.0. The minimum atomic E-state index is -2.27. The number of aromatic nitrogens is 1. The maximum atomic E-state index is 11.0. The third-order valence-electron chi connectivity index (χ3n) is 6.32. The lowest BCUT2D eigenvalue weighted by molar-refractivity contribution is -0.165. The third kappa shape index (κ3) is 4.97. The SMILES string of the molecule is C=C[C@H]1C[N@]2CC[C@H]1C[C@H]2[C@H](O)c1ccnc2ccccc12.O=C(O)C(O)C(O)C(=O)O. The van der Waals surface area contributed by atoms with Gasteiger partial charge < -0.3 is 25.5 Å². The Morgan fingerprint density at radius 1 is 1.09 bits per heavy atom. The lowest BCUT2D eigenvalue weighted by Crippen LogP contribution is -2.54. The number of aliphatic carboxylic acids is 2. The van der Waals surface area contributed by atoms with Crippen LogP contribution in [0.5, 0.6) is 0 Å². The quantitative estimate of drug-likeness (QED) is 0.412. The molecule has 32 heavy (non-hydrogen) atoms. The van der Waals surface area contributed by atoms with E-state index in [0.717, 1.165) is 36.0 Å². The Morgan fingerprint density at radius 2 is 1.75 bits per heavy atom. The molecule has 4 heterocycles. The molecule has 0 amide bonds. The normalized spacial score (nSPS) is 27.0. The number of hydrogen-bond acceptors (Lipinski definition) is 7. The van der Waals surface area contributed by atoms with Crippen LogP contribution >= 0.6 is 0 Å². The van der Waals surface area contributed by atoms with E-state index in [-0.39, 0.29) is 6.04 Å². The molecule has 3 aliphatic heterocycles. The molecule has 9 nitrogen and oxygen atoms in total. The van der Waals surface area contributed by atoms with Gasteiger partial charge in [0, 0.05) is 24.2 Å². The first-order valence-electron chi connectivity index (χ1n) is 10.4. The molecule has 2 bridgehead atoms. The van der Waals surface area contributed by atoms with Crippen LogP contribution in [0.2, 0.25) is 0 Å². The molecule has 3 fully saturated rings. The van der Waals surface area contributed by atoms with Gasteiger partial charge in [0.25, 0.3) is 0 Å². The van der Waals surface area contributed by atoms with Crippen molar-refractivity contribution in [3.8, 4) is 0 Å². The predicted octanol–water partition coefficient (Wildman–Crippen LogP) is 1.04. The Balaban J connectivity index is 0.000000247. The molecule has 0 aliphatic carbocycles. The van der Waals surface area contributed by atoms with Crippen molar-refractivity contribution in [1.82, 2.24) is 9.88 Å². The van der Waals surface area contributed by atoms with Crippen molar-refractivity contribution in [3.05, 3.63) is 54.7 Å². The summed E-state index contributed by atoms with van der Waals surface area (Å²) in [6, 6.07) is 10.3. The molecule has 0 saturated carbocycles. The average Bonchev–Trinajstić information content (AvgIpc) is 2.82. The summed E-state index contributed by atoms with van der Waals surface area (Å²) >= 11 is 0. The highest BCUT2D eigenvalue weighted by Crippen LogP contribution is 2.41. The Labute approximate surface area is 185 Å². The molecule has 3 saturated heterocycles. The van der Waals surface area contributed by atoms with Crippen LogP contribution in [-0.2, 0) is 9.59 Å². The summed E-state index contributed by atoms with van der Waals surface area (Å²) in [6.45, 7) is 6.11. The second kappa shape index (κ2) is 10.2. The van der Waals surface area contributed by atoms with Crippen molar-refractivity contribution in [2.24, 2.45) is 11.8 Å². The van der Waals surface area contributed by atoms with E-state index >= 15 is 0 Å². The van der Waals surface area contributed by atoms with Gasteiger partial charge in [-0.1, -0.05) is 24.3 Å². The van der Waals surface area contributed by atoms with Crippen molar-refractivity contribution in [1.29, 1.82) is 0 Å². The van der Waals surface area contributed by atoms with Crippen LogP contribution in [0.15, 0.2) is 49.2 Å². The lowest BCUT2D eigenvalue weighted by atomic mass is 9.73. The van der Waals surface area contributed by atoms with E-state index in [0.29, 0.717) is 11.8 Å². The van der Waals surface area contributed by atoms with Gasteiger partial charge in [0.2, 0.25) is 0 Å². The van der Waals surface area contributed by atoms with Crippen LogP contribution < -0.4 is 0 Å². The topological polar surface area (TPSA) is 151 Å². The van der Waals surface area contributed by atoms with Gasteiger partial charge in [-0.25, -0.2) is 9.59 Å². The number of piperidine rings is 3. The number of carboxylic acids is 2. The second-order valence-electron chi connectivity index (χ2n) is 8.17. The van der Waals surface area contributed by atoms with E-state index in [1.54, 1.807) is 0 Å². The third-order valence-corrected chi connectivity index (χ3v) is 6.32. The van der Waals surface area contributed by atoms with Crippen molar-refractivity contribution in [2.45, 2.75) is 37.2 Å². The number of aliphatic hydroxyl groups excluding tert-OH is 3. The zero-order valence-corrected chi connectivity index (χ0v) is 17.5. The van der Waals surface area contributed by atoms with Gasteiger partial charge in [0.1, 0.15) is 0 Å². The summed E-state index contributed by atoms with van der Waals surface area (Å²) in [7, 11) is 0. The summed E-state index contributed by atoms with van der Waals surface area (Å²) in [5.74, 6) is -2.27. The smallest absolute Gasteiger partial charge is 0.335 e. The van der Waals surface area contributed by atoms with E-state index in [4.69, 9.17) is 20.4 Å². The number of rotatable bonds is 6. The highest BCUT2D eigenvalue weighted by atomic mass is 16.4. The van der Waals surface area contributed by atoms with E-state index in [1.807, 2.05) is 30.5 Å². The fraction of sp³-hybridized carbons (Fsp3) is 0.435. The van der Waals surface area contributed by atoms with Gasteiger partial charge in [-0.2, -0.15) is 0 Å². The maximum Gasteiger partial charge on any atom is 0.335 e. The Bertz CT molecular complexity index is 958. The summed E-state index contributed by atoms with van der Waals surface area (Å²) < 4.78 is 0. The molecular formula is C23H28N2O7. The van der Waals surface area contributed by atoms with Crippen LogP contribution in [0, 0.1) is 11.8 Å². The van der Waals surface area contributed by atoms with Gasteiger partial charge in [0.05, 0.1) is 11.6 Å². The van der Waals surface area contributed by atoms with Crippen molar-refractivity contribution < 1.29 is 35.1 Å². The summed E-state index contributed by atoms with van der Waals surface area (Å²) in [5.41, 5.74) is 1.97. The standard InChI is InChI=1S/C19H22N2O.C4H6O6/c1-2-13-12-21-10-8-14(13)11-18(21)19(22)16-7-9-20-17-6-4-3-5-15(16)17;5-1(3(7)8)2(6)4(9)10/h2-7,9,13-14,18-19,22H,1,8,10-12H2;1-2,5-6H,(H,7,8)(H,9,10)/t13-,14-,18-,19+;/m0./s1. The van der Waals surface area contributed by atoms with Gasteiger partial charge in [0.15, 0.2) is 12.2 Å². The number of nitrogens with zero attached hydrogens (tertiary/aromatic N) is 2. The molecule has 7 atom stereocenters. The minimum absolute atomic E-state index is 0.223. The first-order valence-corrected chi connectivity index (χ1v) is 10.4. The zero-order chi connectivity index (χ0) is 23.4. The zero-order valence-electron chi connectivity index (χ0n) is 17.5. The number of carbonyl (C=O) groups is 2. The fourth-order valence-electron chi connectivity index (χ4n) is 4.56. The van der Waals surface area contributed by atoms with Crippen LogP contribution in [0.3, 0.4) is 0 Å². The van der Waals surface area contributed by atoms with Crippen LogP contribution in [-0.4, -0.2) is 78.7 Å². The van der Waals surface area contributed by atoms with Crippen molar-refractivity contribution >= 4 is 22.8 Å². The molecular weight excluding hydrogens is 416 g/mol. The first-order chi connectivity index (χ1) is 15.2. The number of carboxylic acid groups (broad SMARTS) is 2. The Morgan fingerprint density at radius 3 is 2.31 bits per heavy atom. The fourth-order valence-corrected chi connectivity index (χ4v) is 4.56. The predicted molar refractivity (Wildman–Crippen MR) is 116 cm³/mol. The van der Waals surface area contributed by atoms with Crippen LogP contribution in [0.1, 0.15) is 24.5 Å². The largest absolute Gasteiger partial charge is 0.479 e. The molecule has 5 N–H and O–H groups in total. The van der Waals surface area contributed by atoms with E-state index in [2.05, 4.69) is 28.6 Å². The van der Waals surface area contributed by atoms with Gasteiger partial charge in [-0.05, 0) is 48.9 Å². The van der Waals surface area contributed by atoms with Gasteiger partial charge in [-0.15, -0.1) is 6.58 Å². The monoisotopic (exact) mass is 444 g/mol. The summed E-state index contributed by atoms with van der Waals surface area (Å²) in [4.78, 5) is 26.4. The molecule has 1 aromatic heterocycles. The number of aliphatic hydroxyl groups is 3. The van der Waals surface area contributed by atoms with Gasteiger partial charge in [-0.3, -0.25) is 9.88 Å². The van der Waals surface area contributed by atoms with E-state index in [1.165, 1.54) is 6.42 Å². The molecule has 2 unspecified atom stereocenters. The minimum Gasteiger partial charge on any atom is -0.479 e. The number of para-hydroxylation sites is 1.